The Balaban J connectivity index is 2.04. The van der Waals surface area contributed by atoms with Gasteiger partial charge in [-0.05, 0) is 37.7 Å². The maximum atomic E-state index is 5.34. The average Bonchev–Trinajstić information content (AvgIpc) is 2.38. The third-order valence-corrected chi connectivity index (χ3v) is 2.68. The molecule has 0 saturated heterocycles. The molecule has 4 nitrogen and oxygen atoms in total. The molecule has 0 radical (unpaired) electrons. The van der Waals surface area contributed by atoms with Gasteiger partial charge in [0.05, 0.1) is 6.17 Å². The Morgan fingerprint density at radius 2 is 2.29 bits per heavy atom. The molecule has 0 bridgehead atoms. The molecule has 0 aromatic heterocycles. The van der Waals surface area contributed by atoms with Crippen molar-refractivity contribution in [2.75, 3.05) is 26.7 Å². The molecule has 0 fully saturated rings. The molecule has 1 unspecified atom stereocenters. The molecule has 96 valence electrons. The SMILES string of the molecule is CNC(/C=C\N)NCCNCC1=CCCC=C1. The Bertz CT molecular complexity index is 281. The Morgan fingerprint density at radius 3 is 2.94 bits per heavy atom. The second-order valence-electron chi connectivity index (χ2n) is 4.04. The van der Waals surface area contributed by atoms with Gasteiger partial charge < -0.3 is 16.4 Å². The van der Waals surface area contributed by atoms with Gasteiger partial charge in [0.1, 0.15) is 0 Å². The lowest BCUT2D eigenvalue weighted by atomic mass is 10.1. The van der Waals surface area contributed by atoms with Crippen LogP contribution in [-0.4, -0.2) is 32.8 Å². The number of likely N-dealkylation sites (N-methyl/N-ethyl adjacent to an activating group) is 1. The summed E-state index contributed by atoms with van der Waals surface area (Å²) in [6.45, 7) is 2.81. The Morgan fingerprint density at radius 1 is 1.41 bits per heavy atom. The van der Waals surface area contributed by atoms with E-state index in [0.29, 0.717) is 0 Å². The first kappa shape index (κ1) is 14.0. The van der Waals surface area contributed by atoms with Crippen LogP contribution in [0.15, 0.2) is 36.1 Å². The van der Waals surface area contributed by atoms with Crippen LogP contribution in [0.5, 0.6) is 0 Å². The number of rotatable bonds is 8. The van der Waals surface area contributed by atoms with Crippen molar-refractivity contribution in [2.45, 2.75) is 19.0 Å². The monoisotopic (exact) mass is 236 g/mol. The number of nitrogens with one attached hydrogen (secondary N) is 3. The molecule has 5 N–H and O–H groups in total. The van der Waals surface area contributed by atoms with Crippen molar-refractivity contribution in [1.29, 1.82) is 0 Å². The van der Waals surface area contributed by atoms with Gasteiger partial charge in [-0.15, -0.1) is 0 Å². The summed E-state index contributed by atoms with van der Waals surface area (Å²) in [5.74, 6) is 0. The third-order valence-electron chi connectivity index (χ3n) is 2.68. The fourth-order valence-corrected chi connectivity index (χ4v) is 1.73. The minimum Gasteiger partial charge on any atom is -0.405 e. The van der Waals surface area contributed by atoms with Crippen molar-refractivity contribution < 1.29 is 0 Å². The van der Waals surface area contributed by atoms with E-state index >= 15 is 0 Å². The third kappa shape index (κ3) is 6.26. The minimum absolute atomic E-state index is 0.149. The molecule has 1 aliphatic carbocycles. The molecule has 17 heavy (non-hydrogen) atoms. The Kier molecular flexibility index (Phi) is 7.38. The van der Waals surface area contributed by atoms with Crippen molar-refractivity contribution in [1.82, 2.24) is 16.0 Å². The van der Waals surface area contributed by atoms with Crippen LogP contribution < -0.4 is 21.7 Å². The van der Waals surface area contributed by atoms with Crippen molar-refractivity contribution in [3.05, 3.63) is 36.1 Å². The molecule has 1 rings (SSSR count). The van der Waals surface area contributed by atoms with Gasteiger partial charge in [-0.1, -0.05) is 18.2 Å². The number of allylic oxidation sites excluding steroid dienone is 2. The Labute approximate surface area is 104 Å². The van der Waals surface area contributed by atoms with E-state index in [4.69, 9.17) is 5.73 Å². The molecule has 0 aromatic carbocycles. The maximum Gasteiger partial charge on any atom is 0.0779 e. The highest BCUT2D eigenvalue weighted by Crippen LogP contribution is 2.07. The summed E-state index contributed by atoms with van der Waals surface area (Å²) < 4.78 is 0. The van der Waals surface area contributed by atoms with Crippen LogP contribution in [-0.2, 0) is 0 Å². The van der Waals surface area contributed by atoms with Crippen LogP contribution in [0.4, 0.5) is 0 Å². The van der Waals surface area contributed by atoms with Gasteiger partial charge >= 0.3 is 0 Å². The zero-order valence-corrected chi connectivity index (χ0v) is 10.6. The summed E-state index contributed by atoms with van der Waals surface area (Å²) in [7, 11) is 1.91. The highest BCUT2D eigenvalue weighted by Gasteiger charge is 1.99. The predicted octanol–water partition coefficient (Wildman–Crippen LogP) is 0.460. The van der Waals surface area contributed by atoms with E-state index in [0.717, 1.165) is 19.6 Å². The van der Waals surface area contributed by atoms with Crippen LogP contribution >= 0.6 is 0 Å². The van der Waals surface area contributed by atoms with E-state index in [-0.39, 0.29) is 6.17 Å². The van der Waals surface area contributed by atoms with E-state index in [1.54, 1.807) is 6.20 Å². The molecule has 4 heteroatoms. The number of nitrogens with two attached hydrogens (primary N) is 1. The molecule has 0 heterocycles. The molecule has 0 saturated carbocycles. The molecule has 1 aliphatic rings. The van der Waals surface area contributed by atoms with Crippen molar-refractivity contribution in [3.63, 3.8) is 0 Å². The fourth-order valence-electron chi connectivity index (χ4n) is 1.73. The summed E-state index contributed by atoms with van der Waals surface area (Å²) in [4.78, 5) is 0. The highest BCUT2D eigenvalue weighted by atomic mass is 15.1. The first-order chi connectivity index (χ1) is 8.36. The summed E-state index contributed by atoms with van der Waals surface area (Å²) >= 11 is 0. The summed E-state index contributed by atoms with van der Waals surface area (Å²) in [5.41, 5.74) is 6.73. The quantitative estimate of drug-likeness (QED) is 0.365. The summed E-state index contributed by atoms with van der Waals surface area (Å²) in [5, 5.41) is 9.86. The van der Waals surface area contributed by atoms with E-state index in [1.807, 2.05) is 13.1 Å². The molecule has 0 spiro atoms. The molecular formula is C13H24N4. The lowest BCUT2D eigenvalue weighted by Crippen LogP contribution is -2.42. The second-order valence-corrected chi connectivity index (χ2v) is 4.04. The molecule has 1 atom stereocenters. The van der Waals surface area contributed by atoms with E-state index in [2.05, 4.69) is 34.2 Å². The minimum atomic E-state index is 0.149. The smallest absolute Gasteiger partial charge is 0.0779 e. The zero-order valence-electron chi connectivity index (χ0n) is 10.6. The Hall–Kier alpha value is -1.10. The van der Waals surface area contributed by atoms with Crippen LogP contribution in [0, 0.1) is 0 Å². The first-order valence-electron chi connectivity index (χ1n) is 6.22. The van der Waals surface area contributed by atoms with Crippen LogP contribution in [0.1, 0.15) is 12.8 Å². The average molecular weight is 236 g/mol. The van der Waals surface area contributed by atoms with Crippen LogP contribution in [0.25, 0.3) is 0 Å². The molecule has 0 aliphatic heterocycles. The summed E-state index contributed by atoms with van der Waals surface area (Å²) in [6.07, 6.45) is 12.7. The van der Waals surface area contributed by atoms with Gasteiger partial charge in [-0.25, -0.2) is 0 Å². The van der Waals surface area contributed by atoms with Crippen molar-refractivity contribution in [3.8, 4) is 0 Å². The highest BCUT2D eigenvalue weighted by molar-refractivity contribution is 5.23. The topological polar surface area (TPSA) is 62.1 Å². The standard InChI is InChI=1S/C13H24N4/c1-15-13(7-8-14)17-10-9-16-11-12-5-3-2-4-6-12/h3,5-8,13,15-17H,2,4,9-11,14H2,1H3/b8-7-. The first-order valence-corrected chi connectivity index (χ1v) is 6.22. The van der Waals surface area contributed by atoms with Gasteiger partial charge in [-0.2, -0.15) is 0 Å². The van der Waals surface area contributed by atoms with Gasteiger partial charge in [0.15, 0.2) is 0 Å². The van der Waals surface area contributed by atoms with Gasteiger partial charge in [-0.3, -0.25) is 5.32 Å². The zero-order chi connectivity index (χ0) is 12.3. The number of hydrogen-bond donors (Lipinski definition) is 4. The predicted molar refractivity (Wildman–Crippen MR) is 73.5 cm³/mol. The second kappa shape index (κ2) is 8.98. The van der Waals surface area contributed by atoms with E-state index in [1.165, 1.54) is 18.4 Å². The maximum absolute atomic E-state index is 5.34. The lowest BCUT2D eigenvalue weighted by molar-refractivity contribution is 0.521. The van der Waals surface area contributed by atoms with Gasteiger partial charge in [0, 0.05) is 19.6 Å². The summed E-state index contributed by atoms with van der Waals surface area (Å²) in [6, 6.07) is 0. The van der Waals surface area contributed by atoms with Gasteiger partial charge in [0.2, 0.25) is 0 Å². The molecule has 0 amide bonds. The lowest BCUT2D eigenvalue weighted by Gasteiger charge is -2.14. The molecular weight excluding hydrogens is 212 g/mol. The fraction of sp³-hybridized carbons (Fsp3) is 0.538. The van der Waals surface area contributed by atoms with E-state index < -0.39 is 0 Å². The largest absolute Gasteiger partial charge is 0.405 e. The van der Waals surface area contributed by atoms with E-state index in [9.17, 15) is 0 Å². The van der Waals surface area contributed by atoms with Gasteiger partial charge in [0.25, 0.3) is 0 Å². The molecule has 0 aromatic rings. The van der Waals surface area contributed by atoms with Crippen molar-refractivity contribution in [2.24, 2.45) is 5.73 Å². The van der Waals surface area contributed by atoms with Crippen molar-refractivity contribution >= 4 is 0 Å². The number of hydrogen-bond acceptors (Lipinski definition) is 4. The normalized spacial score (nSPS) is 17.4. The van der Waals surface area contributed by atoms with Crippen LogP contribution in [0.3, 0.4) is 0 Å². The van der Waals surface area contributed by atoms with Crippen LogP contribution in [0.2, 0.25) is 0 Å².